The molecule has 2 aromatic rings. The molecule has 0 aliphatic carbocycles. The lowest BCUT2D eigenvalue weighted by Gasteiger charge is -2.09. The molecule has 8 heteroatoms. The van der Waals surface area contributed by atoms with Crippen molar-refractivity contribution in [1.29, 1.82) is 0 Å². The Morgan fingerprint density at radius 3 is 2.54 bits per heavy atom. The van der Waals surface area contributed by atoms with Crippen LogP contribution in [0.3, 0.4) is 0 Å². The highest BCUT2D eigenvalue weighted by Crippen LogP contribution is 2.16. The Kier molecular flexibility index (Phi) is 7.27. The molecule has 2 rings (SSSR count). The first-order chi connectivity index (χ1) is 13.4. The average molecular weight is 383 g/mol. The maximum absolute atomic E-state index is 12.4. The summed E-state index contributed by atoms with van der Waals surface area (Å²) in [5.41, 5.74) is 5.69. The predicted molar refractivity (Wildman–Crippen MR) is 105 cm³/mol. The van der Waals surface area contributed by atoms with Gasteiger partial charge in [0, 0.05) is 17.7 Å². The number of carbonyl (C=O) groups excluding carboxylic acids is 2. The maximum Gasteiger partial charge on any atom is 0.270 e. The second kappa shape index (κ2) is 9.86. The summed E-state index contributed by atoms with van der Waals surface area (Å²) in [6.07, 6.45) is 3.25. The van der Waals surface area contributed by atoms with E-state index >= 15 is 0 Å². The number of nitro benzene ring substituents is 1. The monoisotopic (exact) mass is 383 g/mol. The molecular formula is C20H21N3O5. The van der Waals surface area contributed by atoms with E-state index in [-0.39, 0.29) is 11.4 Å². The smallest absolute Gasteiger partial charge is 0.270 e. The van der Waals surface area contributed by atoms with E-state index in [1.807, 2.05) is 0 Å². The highest BCUT2D eigenvalue weighted by molar-refractivity contribution is 6.04. The Bertz CT molecular complexity index is 891. The highest BCUT2D eigenvalue weighted by Gasteiger charge is 2.13. The van der Waals surface area contributed by atoms with Crippen molar-refractivity contribution in [3.05, 3.63) is 75.5 Å². The molecule has 0 bridgehead atoms. The zero-order valence-electron chi connectivity index (χ0n) is 15.4. The fourth-order valence-corrected chi connectivity index (χ4v) is 2.29. The molecule has 2 aromatic carbocycles. The van der Waals surface area contributed by atoms with Gasteiger partial charge in [0.1, 0.15) is 11.4 Å². The van der Waals surface area contributed by atoms with Gasteiger partial charge in [-0.05, 0) is 42.3 Å². The van der Waals surface area contributed by atoms with Gasteiger partial charge in [0.05, 0.1) is 11.5 Å². The SMILES string of the molecule is CCCCOc1ccc(C(=O)N/C(=C/c2cccc([N+](=O)[O-])c2)C(N)=O)cc1. The second-order valence-corrected chi connectivity index (χ2v) is 5.95. The predicted octanol–water partition coefficient (Wildman–Crippen LogP) is 3.03. The van der Waals surface area contributed by atoms with Crippen LogP contribution in [-0.4, -0.2) is 23.3 Å². The third kappa shape index (κ3) is 5.94. The summed E-state index contributed by atoms with van der Waals surface area (Å²) in [5.74, 6) is -0.748. The molecule has 0 aromatic heterocycles. The summed E-state index contributed by atoms with van der Waals surface area (Å²) >= 11 is 0. The fourth-order valence-electron chi connectivity index (χ4n) is 2.29. The van der Waals surface area contributed by atoms with E-state index in [0.29, 0.717) is 23.5 Å². The fraction of sp³-hybridized carbons (Fsp3) is 0.200. The molecular weight excluding hydrogens is 362 g/mol. The van der Waals surface area contributed by atoms with Gasteiger partial charge >= 0.3 is 0 Å². The van der Waals surface area contributed by atoms with E-state index < -0.39 is 16.7 Å². The van der Waals surface area contributed by atoms with Gasteiger partial charge in [-0.25, -0.2) is 0 Å². The van der Waals surface area contributed by atoms with Crippen LogP contribution in [0, 0.1) is 10.1 Å². The van der Waals surface area contributed by atoms with Crippen molar-refractivity contribution in [2.24, 2.45) is 5.73 Å². The Hall–Kier alpha value is -3.68. The Labute approximate surface area is 162 Å². The van der Waals surface area contributed by atoms with Crippen molar-refractivity contribution in [3.63, 3.8) is 0 Å². The molecule has 0 radical (unpaired) electrons. The molecule has 0 atom stereocenters. The number of ether oxygens (including phenoxy) is 1. The van der Waals surface area contributed by atoms with E-state index in [2.05, 4.69) is 12.2 Å². The molecule has 0 fully saturated rings. The van der Waals surface area contributed by atoms with E-state index in [1.165, 1.54) is 24.3 Å². The zero-order valence-corrected chi connectivity index (χ0v) is 15.4. The molecule has 0 aliphatic heterocycles. The summed E-state index contributed by atoms with van der Waals surface area (Å²) in [4.78, 5) is 34.4. The van der Waals surface area contributed by atoms with Crippen LogP contribution in [0.2, 0.25) is 0 Å². The van der Waals surface area contributed by atoms with Gasteiger partial charge in [-0.15, -0.1) is 0 Å². The largest absolute Gasteiger partial charge is 0.494 e. The number of nitrogens with two attached hydrogens (primary N) is 1. The zero-order chi connectivity index (χ0) is 20.5. The number of primary amides is 1. The number of amides is 2. The molecule has 146 valence electrons. The van der Waals surface area contributed by atoms with Gasteiger partial charge in [-0.3, -0.25) is 19.7 Å². The Balaban J connectivity index is 2.13. The first-order valence-electron chi connectivity index (χ1n) is 8.71. The van der Waals surface area contributed by atoms with Gasteiger partial charge in [-0.2, -0.15) is 0 Å². The normalized spacial score (nSPS) is 11.0. The molecule has 8 nitrogen and oxygen atoms in total. The number of rotatable bonds is 9. The molecule has 3 N–H and O–H groups in total. The summed E-state index contributed by atoms with van der Waals surface area (Å²) in [6.45, 7) is 2.66. The third-order valence-electron chi connectivity index (χ3n) is 3.79. The van der Waals surface area contributed by atoms with Gasteiger partial charge in [0.25, 0.3) is 17.5 Å². The van der Waals surface area contributed by atoms with E-state index in [4.69, 9.17) is 10.5 Å². The number of nitrogens with one attached hydrogen (secondary N) is 1. The van der Waals surface area contributed by atoms with Crippen LogP contribution in [0.4, 0.5) is 5.69 Å². The van der Waals surface area contributed by atoms with Crippen molar-refractivity contribution in [3.8, 4) is 5.75 Å². The molecule has 0 saturated carbocycles. The standard InChI is InChI=1S/C20H21N3O5/c1-2-3-11-28-17-9-7-15(8-10-17)20(25)22-18(19(21)24)13-14-5-4-6-16(12-14)23(26)27/h4-10,12-13H,2-3,11H2,1H3,(H2,21,24)(H,22,25)/b18-13+. The number of nitro groups is 1. The number of carbonyl (C=O) groups is 2. The van der Waals surface area contributed by atoms with Gasteiger partial charge in [0.2, 0.25) is 0 Å². The van der Waals surface area contributed by atoms with Crippen LogP contribution in [0.5, 0.6) is 5.75 Å². The summed E-state index contributed by atoms with van der Waals surface area (Å²) < 4.78 is 5.54. The third-order valence-corrected chi connectivity index (χ3v) is 3.79. The quantitative estimate of drug-likeness (QED) is 0.298. The Morgan fingerprint density at radius 2 is 1.93 bits per heavy atom. The minimum atomic E-state index is -0.862. The van der Waals surface area contributed by atoms with Gasteiger partial charge in [-0.1, -0.05) is 25.5 Å². The van der Waals surface area contributed by atoms with Crippen LogP contribution in [-0.2, 0) is 4.79 Å². The van der Waals surface area contributed by atoms with Crippen LogP contribution >= 0.6 is 0 Å². The number of nitrogens with zero attached hydrogens (tertiary/aromatic N) is 1. The van der Waals surface area contributed by atoms with Gasteiger partial charge < -0.3 is 15.8 Å². The van der Waals surface area contributed by atoms with E-state index in [9.17, 15) is 19.7 Å². The van der Waals surface area contributed by atoms with Crippen molar-refractivity contribution in [2.45, 2.75) is 19.8 Å². The number of hydrogen-bond donors (Lipinski definition) is 2. The maximum atomic E-state index is 12.4. The summed E-state index contributed by atoms with van der Waals surface area (Å²) in [6, 6.07) is 12.1. The number of non-ortho nitro benzene ring substituents is 1. The molecule has 0 aliphatic rings. The summed E-state index contributed by atoms with van der Waals surface area (Å²) in [5, 5.41) is 13.3. The highest BCUT2D eigenvalue weighted by atomic mass is 16.6. The van der Waals surface area contributed by atoms with E-state index in [0.717, 1.165) is 12.8 Å². The van der Waals surface area contributed by atoms with Crippen LogP contribution in [0.25, 0.3) is 6.08 Å². The van der Waals surface area contributed by atoms with Crippen molar-refractivity contribution < 1.29 is 19.2 Å². The molecule has 0 saturated heterocycles. The number of hydrogen-bond acceptors (Lipinski definition) is 5. The lowest BCUT2D eigenvalue weighted by Crippen LogP contribution is -2.31. The van der Waals surface area contributed by atoms with E-state index in [1.54, 1.807) is 30.3 Å². The van der Waals surface area contributed by atoms with Crippen LogP contribution in [0.1, 0.15) is 35.7 Å². The minimum Gasteiger partial charge on any atom is -0.494 e. The van der Waals surface area contributed by atoms with Gasteiger partial charge in [0.15, 0.2) is 0 Å². The molecule has 28 heavy (non-hydrogen) atoms. The van der Waals surface area contributed by atoms with Crippen LogP contribution < -0.4 is 15.8 Å². The van der Waals surface area contributed by atoms with Crippen molar-refractivity contribution in [1.82, 2.24) is 5.32 Å². The molecule has 0 heterocycles. The van der Waals surface area contributed by atoms with Crippen molar-refractivity contribution in [2.75, 3.05) is 6.61 Å². The topological polar surface area (TPSA) is 125 Å². The molecule has 2 amide bonds. The number of benzene rings is 2. The average Bonchev–Trinajstić information content (AvgIpc) is 2.68. The molecule has 0 spiro atoms. The lowest BCUT2D eigenvalue weighted by molar-refractivity contribution is -0.384. The van der Waals surface area contributed by atoms with Crippen molar-refractivity contribution >= 4 is 23.6 Å². The minimum absolute atomic E-state index is 0.137. The molecule has 0 unspecified atom stereocenters. The first-order valence-corrected chi connectivity index (χ1v) is 8.71. The first kappa shape index (κ1) is 20.6. The lowest BCUT2D eigenvalue weighted by atomic mass is 10.1. The number of unbranched alkanes of at least 4 members (excludes halogenated alkanes) is 1. The van der Waals surface area contributed by atoms with Crippen LogP contribution in [0.15, 0.2) is 54.2 Å². The second-order valence-electron chi connectivity index (χ2n) is 5.95. The summed E-state index contributed by atoms with van der Waals surface area (Å²) in [7, 11) is 0. The Morgan fingerprint density at radius 1 is 1.21 bits per heavy atom.